The summed E-state index contributed by atoms with van der Waals surface area (Å²) < 4.78 is 5.10. The van der Waals surface area contributed by atoms with Crippen LogP contribution in [0.5, 0.6) is 0 Å². The van der Waals surface area contributed by atoms with Gasteiger partial charge in [-0.1, -0.05) is 48.5 Å². The Labute approximate surface area is 178 Å². The fourth-order valence-corrected chi connectivity index (χ4v) is 3.99. The maximum absolute atomic E-state index is 13.0. The lowest BCUT2D eigenvalue weighted by Crippen LogP contribution is -2.25. The van der Waals surface area contributed by atoms with Gasteiger partial charge in [-0.3, -0.25) is 9.59 Å². The van der Waals surface area contributed by atoms with Crippen LogP contribution in [0.4, 0.5) is 5.00 Å². The van der Waals surface area contributed by atoms with Gasteiger partial charge in [-0.15, -0.1) is 11.3 Å². The van der Waals surface area contributed by atoms with Gasteiger partial charge in [0, 0.05) is 12.1 Å². The third kappa shape index (κ3) is 4.93. The molecule has 154 valence electrons. The highest BCUT2D eigenvalue weighted by Gasteiger charge is 2.26. The van der Waals surface area contributed by atoms with E-state index in [9.17, 15) is 14.4 Å². The molecule has 0 atom stereocenters. The number of esters is 1. The third-order valence-electron chi connectivity index (χ3n) is 4.39. The fraction of sp³-hybridized carbons (Fsp3) is 0.174. The smallest absolute Gasteiger partial charge is 0.348 e. The average Bonchev–Trinajstić information content (AvgIpc) is 3.09. The molecule has 0 aliphatic rings. The number of thiophene rings is 1. The molecule has 30 heavy (non-hydrogen) atoms. The molecule has 3 aromatic rings. The maximum Gasteiger partial charge on any atom is 0.348 e. The Balaban J connectivity index is 1.89. The molecule has 0 radical (unpaired) electrons. The topological polar surface area (TPSA) is 84.5 Å². The molecule has 6 nitrogen and oxygen atoms in total. The van der Waals surface area contributed by atoms with Crippen molar-refractivity contribution in [3.8, 4) is 0 Å². The van der Waals surface area contributed by atoms with Crippen molar-refractivity contribution in [2.45, 2.75) is 20.4 Å². The first kappa shape index (κ1) is 21.3. The molecule has 0 aliphatic carbocycles. The minimum atomic E-state index is -0.516. The molecule has 0 unspecified atom stereocenters. The maximum atomic E-state index is 13.0. The van der Waals surface area contributed by atoms with Gasteiger partial charge in [-0.05, 0) is 37.1 Å². The van der Waals surface area contributed by atoms with Crippen LogP contribution >= 0.6 is 11.3 Å². The summed E-state index contributed by atoms with van der Waals surface area (Å²) in [5, 5.41) is 5.95. The molecule has 0 bridgehead atoms. The van der Waals surface area contributed by atoms with E-state index in [2.05, 4.69) is 10.6 Å². The van der Waals surface area contributed by atoms with Crippen molar-refractivity contribution in [3.05, 3.63) is 87.8 Å². The second-order valence-electron chi connectivity index (χ2n) is 6.47. The number of carbonyl (C=O) groups excluding carboxylic acids is 3. The lowest BCUT2D eigenvalue weighted by molar-refractivity contribution is 0.0531. The van der Waals surface area contributed by atoms with Crippen molar-refractivity contribution in [1.82, 2.24) is 5.32 Å². The summed E-state index contributed by atoms with van der Waals surface area (Å²) in [5.41, 5.74) is 2.15. The second-order valence-corrected chi connectivity index (χ2v) is 7.49. The molecule has 1 heterocycles. The quantitative estimate of drug-likeness (QED) is 0.552. The highest BCUT2D eigenvalue weighted by atomic mass is 32.1. The van der Waals surface area contributed by atoms with Crippen LogP contribution in [0, 0.1) is 6.92 Å². The van der Waals surface area contributed by atoms with Crippen molar-refractivity contribution < 1.29 is 19.1 Å². The van der Waals surface area contributed by atoms with Crippen molar-refractivity contribution >= 4 is 34.1 Å². The summed E-state index contributed by atoms with van der Waals surface area (Å²) in [6.07, 6.45) is 0. The van der Waals surface area contributed by atoms with Crippen LogP contribution in [-0.4, -0.2) is 24.4 Å². The normalized spacial score (nSPS) is 10.3. The van der Waals surface area contributed by atoms with Crippen LogP contribution in [0.2, 0.25) is 0 Å². The standard InChI is InChI=1S/C23H22N2O4S/c1-3-29-23(28)19-15(2)18(21(27)24-14-16-10-6-4-7-11-16)22(30-19)25-20(26)17-12-8-5-9-13-17/h4-13H,3,14H2,1-2H3,(H,24,27)(H,25,26). The van der Waals surface area contributed by atoms with Gasteiger partial charge in [-0.2, -0.15) is 0 Å². The lowest BCUT2D eigenvalue weighted by atomic mass is 10.1. The molecule has 0 fully saturated rings. The van der Waals surface area contributed by atoms with E-state index in [-0.39, 0.29) is 24.0 Å². The zero-order chi connectivity index (χ0) is 21.5. The highest BCUT2D eigenvalue weighted by molar-refractivity contribution is 7.18. The predicted octanol–water partition coefficient (Wildman–Crippen LogP) is 4.42. The van der Waals surface area contributed by atoms with Crippen LogP contribution in [0.1, 0.15) is 48.4 Å². The Morgan fingerprint density at radius 2 is 1.57 bits per heavy atom. The summed E-state index contributed by atoms with van der Waals surface area (Å²) >= 11 is 1.04. The van der Waals surface area contributed by atoms with Crippen LogP contribution in [-0.2, 0) is 11.3 Å². The minimum Gasteiger partial charge on any atom is -0.462 e. The summed E-state index contributed by atoms with van der Waals surface area (Å²) in [6, 6.07) is 18.2. The van der Waals surface area contributed by atoms with Crippen LogP contribution in [0.3, 0.4) is 0 Å². The van der Waals surface area contributed by atoms with Gasteiger partial charge in [0.05, 0.1) is 12.2 Å². The van der Waals surface area contributed by atoms with Gasteiger partial charge in [0.25, 0.3) is 11.8 Å². The van der Waals surface area contributed by atoms with Crippen LogP contribution in [0.25, 0.3) is 0 Å². The SMILES string of the molecule is CCOC(=O)c1sc(NC(=O)c2ccccc2)c(C(=O)NCc2ccccc2)c1C. The number of hydrogen-bond donors (Lipinski definition) is 2. The molecule has 7 heteroatoms. The predicted molar refractivity (Wildman–Crippen MR) is 117 cm³/mol. The molecule has 1 aromatic heterocycles. The Morgan fingerprint density at radius 3 is 2.20 bits per heavy atom. The summed E-state index contributed by atoms with van der Waals surface area (Å²) in [5.74, 6) is -1.24. The van der Waals surface area contributed by atoms with Crippen molar-refractivity contribution in [2.24, 2.45) is 0 Å². The first-order chi connectivity index (χ1) is 14.5. The molecule has 2 N–H and O–H groups in total. The van der Waals surface area contributed by atoms with E-state index in [1.54, 1.807) is 38.1 Å². The Kier molecular flexibility index (Phi) is 6.98. The van der Waals surface area contributed by atoms with Gasteiger partial charge in [0.2, 0.25) is 0 Å². The first-order valence-electron chi connectivity index (χ1n) is 9.50. The number of nitrogens with one attached hydrogen (secondary N) is 2. The number of hydrogen-bond acceptors (Lipinski definition) is 5. The van der Waals surface area contributed by atoms with Gasteiger partial charge in [0.1, 0.15) is 9.88 Å². The molecule has 0 aliphatic heterocycles. The number of rotatable bonds is 7. The van der Waals surface area contributed by atoms with Crippen LogP contribution < -0.4 is 10.6 Å². The van der Waals surface area contributed by atoms with E-state index in [1.807, 2.05) is 36.4 Å². The number of benzene rings is 2. The number of ether oxygens (including phenoxy) is 1. The summed E-state index contributed by atoms with van der Waals surface area (Å²) in [4.78, 5) is 38.2. The third-order valence-corrected chi connectivity index (χ3v) is 5.58. The molecule has 3 rings (SSSR count). The largest absolute Gasteiger partial charge is 0.462 e. The van der Waals surface area contributed by atoms with Gasteiger partial charge < -0.3 is 15.4 Å². The van der Waals surface area contributed by atoms with E-state index >= 15 is 0 Å². The van der Waals surface area contributed by atoms with E-state index in [1.165, 1.54) is 0 Å². The Morgan fingerprint density at radius 1 is 0.933 bits per heavy atom. The second kappa shape index (κ2) is 9.84. The first-order valence-corrected chi connectivity index (χ1v) is 10.3. The molecule has 0 spiro atoms. The van der Waals surface area contributed by atoms with Crippen molar-refractivity contribution in [1.29, 1.82) is 0 Å². The van der Waals surface area contributed by atoms with Gasteiger partial charge in [0.15, 0.2) is 0 Å². The summed E-state index contributed by atoms with van der Waals surface area (Å²) in [7, 11) is 0. The minimum absolute atomic E-state index is 0.220. The van der Waals surface area contributed by atoms with E-state index in [0.717, 1.165) is 16.9 Å². The summed E-state index contributed by atoms with van der Waals surface area (Å²) in [6.45, 7) is 3.94. The molecule has 2 aromatic carbocycles. The van der Waals surface area contributed by atoms with E-state index < -0.39 is 5.97 Å². The van der Waals surface area contributed by atoms with E-state index in [0.29, 0.717) is 27.5 Å². The molecular weight excluding hydrogens is 400 g/mol. The van der Waals surface area contributed by atoms with Crippen LogP contribution in [0.15, 0.2) is 60.7 Å². The molecular formula is C23H22N2O4S. The zero-order valence-electron chi connectivity index (χ0n) is 16.7. The zero-order valence-corrected chi connectivity index (χ0v) is 17.5. The molecule has 0 saturated carbocycles. The van der Waals surface area contributed by atoms with E-state index in [4.69, 9.17) is 4.74 Å². The van der Waals surface area contributed by atoms with Gasteiger partial charge in [-0.25, -0.2) is 4.79 Å². The number of carbonyl (C=O) groups is 3. The molecule has 0 saturated heterocycles. The highest BCUT2D eigenvalue weighted by Crippen LogP contribution is 2.34. The Hall–Kier alpha value is -3.45. The lowest BCUT2D eigenvalue weighted by Gasteiger charge is -2.09. The molecule has 2 amide bonds. The van der Waals surface area contributed by atoms with Crippen molar-refractivity contribution in [2.75, 3.05) is 11.9 Å². The fourth-order valence-electron chi connectivity index (χ4n) is 2.90. The van der Waals surface area contributed by atoms with Crippen molar-refractivity contribution in [3.63, 3.8) is 0 Å². The monoisotopic (exact) mass is 422 g/mol. The Bertz CT molecular complexity index is 1050. The van der Waals surface area contributed by atoms with Gasteiger partial charge >= 0.3 is 5.97 Å². The number of amides is 2. The number of anilines is 1. The average molecular weight is 423 g/mol.